The minimum atomic E-state index is -4.69. The van der Waals surface area contributed by atoms with Crippen molar-refractivity contribution >= 4 is 23.3 Å². The smallest absolute Gasteiger partial charge is 0.397 e. The van der Waals surface area contributed by atoms with Crippen LogP contribution in [0, 0.1) is 0 Å². The predicted octanol–water partition coefficient (Wildman–Crippen LogP) is 1.26. The molecule has 6 N–H and O–H groups in total. The fourth-order valence-electron chi connectivity index (χ4n) is 1.12. The molecule has 82 valence electrons. The Hall–Kier alpha value is -1.92. The van der Waals surface area contributed by atoms with Crippen LogP contribution in [0.1, 0.15) is 15.9 Å². The first-order chi connectivity index (χ1) is 6.79. The SMILES string of the molecule is Nc1cc(C(F)(F)F)c(C=O)c(N)c1N. The fourth-order valence-corrected chi connectivity index (χ4v) is 1.12. The van der Waals surface area contributed by atoms with Crippen molar-refractivity contribution in [1.82, 2.24) is 0 Å². The van der Waals surface area contributed by atoms with E-state index in [1.807, 2.05) is 0 Å². The molecule has 0 fully saturated rings. The average molecular weight is 219 g/mol. The third-order valence-corrected chi connectivity index (χ3v) is 1.90. The average Bonchev–Trinajstić information content (AvgIpc) is 2.12. The van der Waals surface area contributed by atoms with Gasteiger partial charge < -0.3 is 17.2 Å². The second kappa shape index (κ2) is 3.34. The van der Waals surface area contributed by atoms with Crippen LogP contribution in [0.25, 0.3) is 0 Å². The maximum atomic E-state index is 12.4. The van der Waals surface area contributed by atoms with E-state index in [9.17, 15) is 18.0 Å². The third-order valence-electron chi connectivity index (χ3n) is 1.90. The second-order valence-electron chi connectivity index (χ2n) is 2.87. The van der Waals surface area contributed by atoms with E-state index in [0.717, 1.165) is 0 Å². The monoisotopic (exact) mass is 219 g/mol. The molecular weight excluding hydrogens is 211 g/mol. The molecule has 1 aromatic carbocycles. The van der Waals surface area contributed by atoms with Crippen LogP contribution >= 0.6 is 0 Å². The van der Waals surface area contributed by atoms with Gasteiger partial charge in [0.1, 0.15) is 0 Å². The lowest BCUT2D eigenvalue weighted by atomic mass is 10.0. The number of hydrogen-bond donors (Lipinski definition) is 3. The van der Waals surface area contributed by atoms with Crippen LogP contribution < -0.4 is 17.2 Å². The van der Waals surface area contributed by atoms with E-state index in [4.69, 9.17) is 17.2 Å². The molecule has 0 radical (unpaired) electrons. The summed E-state index contributed by atoms with van der Waals surface area (Å²) in [5.74, 6) is 0. The third kappa shape index (κ3) is 1.80. The standard InChI is InChI=1S/C8H8F3N3O/c9-8(10,11)4-1-5(12)7(14)6(13)3(4)2-15/h1-2H,12-14H2. The highest BCUT2D eigenvalue weighted by Crippen LogP contribution is 2.38. The van der Waals surface area contributed by atoms with Crippen molar-refractivity contribution in [3.63, 3.8) is 0 Å². The van der Waals surface area contributed by atoms with E-state index in [1.54, 1.807) is 0 Å². The highest BCUT2D eigenvalue weighted by Gasteiger charge is 2.35. The van der Waals surface area contributed by atoms with Crippen molar-refractivity contribution in [2.45, 2.75) is 6.18 Å². The number of benzene rings is 1. The number of halogens is 3. The Bertz CT molecular complexity index is 415. The summed E-state index contributed by atoms with van der Waals surface area (Å²) in [6.45, 7) is 0. The zero-order chi connectivity index (χ0) is 11.8. The van der Waals surface area contributed by atoms with Crippen molar-refractivity contribution in [3.05, 3.63) is 17.2 Å². The molecule has 15 heavy (non-hydrogen) atoms. The van der Waals surface area contributed by atoms with Gasteiger partial charge in [0.05, 0.1) is 28.2 Å². The molecule has 0 saturated heterocycles. The number of carbonyl (C=O) groups excluding carboxylic acids is 1. The molecule has 0 heterocycles. The van der Waals surface area contributed by atoms with E-state index in [1.165, 1.54) is 0 Å². The number of rotatable bonds is 1. The molecule has 0 saturated carbocycles. The van der Waals surface area contributed by atoms with Gasteiger partial charge in [0.2, 0.25) is 0 Å². The minimum absolute atomic E-state index is 0.00789. The molecule has 0 amide bonds. The number of alkyl halides is 3. The van der Waals surface area contributed by atoms with Crippen molar-refractivity contribution in [2.24, 2.45) is 0 Å². The van der Waals surface area contributed by atoms with Crippen molar-refractivity contribution in [1.29, 1.82) is 0 Å². The molecule has 0 atom stereocenters. The molecule has 7 heteroatoms. The maximum absolute atomic E-state index is 12.4. The Morgan fingerprint density at radius 1 is 1.13 bits per heavy atom. The number of aldehydes is 1. The van der Waals surface area contributed by atoms with Crippen LogP contribution in [-0.4, -0.2) is 6.29 Å². The van der Waals surface area contributed by atoms with Gasteiger partial charge in [-0.25, -0.2) is 0 Å². The topological polar surface area (TPSA) is 95.1 Å². The number of nitrogens with two attached hydrogens (primary N) is 3. The predicted molar refractivity (Wildman–Crippen MR) is 50.1 cm³/mol. The van der Waals surface area contributed by atoms with Gasteiger partial charge in [-0.3, -0.25) is 4.79 Å². The van der Waals surface area contributed by atoms with Gasteiger partial charge in [0, 0.05) is 0 Å². The summed E-state index contributed by atoms with van der Waals surface area (Å²) < 4.78 is 37.2. The van der Waals surface area contributed by atoms with Crippen LogP contribution in [-0.2, 0) is 6.18 Å². The molecule has 0 bridgehead atoms. The van der Waals surface area contributed by atoms with Gasteiger partial charge in [0.25, 0.3) is 0 Å². The molecule has 0 unspecified atom stereocenters. The molecule has 0 aliphatic rings. The summed E-state index contributed by atoms with van der Waals surface area (Å²) in [5, 5.41) is 0. The normalized spacial score (nSPS) is 11.4. The summed E-state index contributed by atoms with van der Waals surface area (Å²) in [4.78, 5) is 10.5. The lowest BCUT2D eigenvalue weighted by Crippen LogP contribution is -2.14. The van der Waals surface area contributed by atoms with Gasteiger partial charge >= 0.3 is 6.18 Å². The molecule has 1 rings (SSSR count). The first-order valence-corrected chi connectivity index (χ1v) is 3.78. The van der Waals surface area contributed by atoms with E-state index in [0.29, 0.717) is 6.07 Å². The summed E-state index contributed by atoms with van der Waals surface area (Å²) in [6, 6.07) is 0.593. The van der Waals surface area contributed by atoms with Gasteiger partial charge in [-0.1, -0.05) is 0 Å². The highest BCUT2D eigenvalue weighted by atomic mass is 19.4. The van der Waals surface area contributed by atoms with Crippen molar-refractivity contribution in [2.75, 3.05) is 17.2 Å². The first-order valence-electron chi connectivity index (χ1n) is 3.78. The lowest BCUT2D eigenvalue weighted by molar-refractivity contribution is -0.137. The molecule has 0 aliphatic carbocycles. The van der Waals surface area contributed by atoms with Gasteiger partial charge in [0.15, 0.2) is 6.29 Å². The van der Waals surface area contributed by atoms with Crippen molar-refractivity contribution < 1.29 is 18.0 Å². The van der Waals surface area contributed by atoms with E-state index < -0.39 is 23.0 Å². The second-order valence-corrected chi connectivity index (χ2v) is 2.87. The molecule has 1 aromatic rings. The number of anilines is 3. The van der Waals surface area contributed by atoms with Crippen LogP contribution in [0.3, 0.4) is 0 Å². The van der Waals surface area contributed by atoms with Gasteiger partial charge in [-0.2, -0.15) is 13.2 Å². The zero-order valence-corrected chi connectivity index (χ0v) is 7.43. The Morgan fingerprint density at radius 2 is 1.67 bits per heavy atom. The maximum Gasteiger partial charge on any atom is 0.417 e. The molecule has 0 spiro atoms. The minimum Gasteiger partial charge on any atom is -0.397 e. The molecule has 0 aliphatic heterocycles. The Morgan fingerprint density at radius 3 is 2.07 bits per heavy atom. The number of nitrogen functional groups attached to an aromatic ring is 3. The fraction of sp³-hybridized carbons (Fsp3) is 0.125. The van der Waals surface area contributed by atoms with Crippen LogP contribution in [0.4, 0.5) is 30.2 Å². The summed E-state index contributed by atoms with van der Waals surface area (Å²) in [5.41, 5.74) is 12.9. The van der Waals surface area contributed by atoms with Gasteiger partial charge in [-0.15, -0.1) is 0 Å². The zero-order valence-electron chi connectivity index (χ0n) is 7.43. The molecule has 0 aromatic heterocycles. The first kappa shape index (κ1) is 11.2. The highest BCUT2D eigenvalue weighted by molar-refractivity contribution is 5.94. The van der Waals surface area contributed by atoms with Crippen LogP contribution in [0.15, 0.2) is 6.07 Å². The van der Waals surface area contributed by atoms with Crippen molar-refractivity contribution in [3.8, 4) is 0 Å². The number of hydrogen-bond acceptors (Lipinski definition) is 4. The molecular formula is C8H8F3N3O. The summed E-state index contributed by atoms with van der Waals surface area (Å²) >= 11 is 0. The van der Waals surface area contributed by atoms with E-state index >= 15 is 0 Å². The summed E-state index contributed by atoms with van der Waals surface area (Å²) in [7, 11) is 0. The summed E-state index contributed by atoms with van der Waals surface area (Å²) in [6.07, 6.45) is -4.68. The Balaban J connectivity index is 3.60. The quantitative estimate of drug-likeness (QED) is 0.489. The van der Waals surface area contributed by atoms with Crippen LogP contribution in [0.2, 0.25) is 0 Å². The Labute approximate surface area is 82.8 Å². The largest absolute Gasteiger partial charge is 0.417 e. The van der Waals surface area contributed by atoms with E-state index in [2.05, 4.69) is 0 Å². The van der Waals surface area contributed by atoms with Crippen LogP contribution in [0.5, 0.6) is 0 Å². The molecule has 4 nitrogen and oxygen atoms in total. The number of carbonyl (C=O) groups is 1. The van der Waals surface area contributed by atoms with Gasteiger partial charge in [-0.05, 0) is 6.07 Å². The van der Waals surface area contributed by atoms with E-state index in [-0.39, 0.29) is 17.7 Å². The Kier molecular flexibility index (Phi) is 2.48. The lowest BCUT2D eigenvalue weighted by Gasteiger charge is -2.14.